The lowest BCUT2D eigenvalue weighted by molar-refractivity contribution is -0.141. The number of urea groups is 1. The van der Waals surface area contributed by atoms with Crippen LogP contribution in [0.25, 0.3) is 0 Å². The summed E-state index contributed by atoms with van der Waals surface area (Å²) in [5, 5.41) is 22.9. The zero-order valence-corrected chi connectivity index (χ0v) is 9.49. The predicted molar refractivity (Wildman–Crippen MR) is 57.0 cm³/mol. The van der Waals surface area contributed by atoms with Crippen molar-refractivity contribution in [2.75, 3.05) is 0 Å². The second kappa shape index (κ2) is 4.69. The Hall–Kier alpha value is -1.30. The molecule has 0 aromatic carbocycles. The second-order valence-electron chi connectivity index (χ2n) is 4.57. The van der Waals surface area contributed by atoms with E-state index in [0.29, 0.717) is 0 Å². The molecule has 6 heteroatoms. The second-order valence-corrected chi connectivity index (χ2v) is 4.57. The fourth-order valence-electron chi connectivity index (χ4n) is 1.67. The lowest BCUT2D eigenvalue weighted by Crippen LogP contribution is -2.58. The molecule has 0 spiro atoms. The van der Waals surface area contributed by atoms with Crippen LogP contribution in [0.4, 0.5) is 4.79 Å². The maximum atomic E-state index is 11.5. The predicted octanol–water partition coefficient (Wildman–Crippen LogP) is 0.0622. The molecule has 0 bridgehead atoms. The van der Waals surface area contributed by atoms with Crippen LogP contribution in [-0.2, 0) is 4.79 Å². The highest BCUT2D eigenvalue weighted by Crippen LogP contribution is 2.30. The Balaban J connectivity index is 2.45. The Morgan fingerprint density at radius 1 is 1.38 bits per heavy atom. The third kappa shape index (κ3) is 3.10. The number of hydrogen-bond acceptors (Lipinski definition) is 3. The van der Waals surface area contributed by atoms with Gasteiger partial charge in [0.1, 0.15) is 0 Å². The van der Waals surface area contributed by atoms with Gasteiger partial charge < -0.3 is 20.8 Å². The van der Waals surface area contributed by atoms with Crippen molar-refractivity contribution in [3.8, 4) is 0 Å². The molecule has 1 aliphatic rings. The van der Waals surface area contributed by atoms with E-state index in [4.69, 9.17) is 5.11 Å². The number of carboxylic acids is 1. The normalized spacial score (nSPS) is 21.4. The first-order valence-electron chi connectivity index (χ1n) is 5.34. The van der Waals surface area contributed by atoms with Crippen molar-refractivity contribution in [1.82, 2.24) is 10.6 Å². The number of hydrogen-bond donors (Lipinski definition) is 4. The smallest absolute Gasteiger partial charge is 0.328 e. The van der Waals surface area contributed by atoms with Crippen LogP contribution in [-0.4, -0.2) is 39.9 Å². The number of aliphatic carboxylic acids is 1. The molecule has 1 rings (SSSR count). The molecular weight excluding hydrogens is 212 g/mol. The zero-order valence-electron chi connectivity index (χ0n) is 9.49. The first-order valence-corrected chi connectivity index (χ1v) is 5.34. The molecule has 1 aliphatic carbocycles. The van der Waals surface area contributed by atoms with Crippen molar-refractivity contribution in [2.45, 2.75) is 50.8 Å². The molecule has 0 saturated heterocycles. The maximum absolute atomic E-state index is 11.5. The monoisotopic (exact) mass is 230 g/mol. The van der Waals surface area contributed by atoms with E-state index in [1.807, 2.05) is 6.92 Å². The van der Waals surface area contributed by atoms with Crippen LogP contribution in [0.2, 0.25) is 0 Å². The minimum atomic E-state index is -1.27. The summed E-state index contributed by atoms with van der Waals surface area (Å²) in [7, 11) is 0. The molecule has 0 aromatic rings. The van der Waals surface area contributed by atoms with Gasteiger partial charge >= 0.3 is 12.0 Å². The van der Waals surface area contributed by atoms with Crippen LogP contribution in [0.5, 0.6) is 0 Å². The average molecular weight is 230 g/mol. The number of rotatable bonds is 4. The van der Waals surface area contributed by atoms with Gasteiger partial charge in [-0.15, -0.1) is 0 Å². The van der Waals surface area contributed by atoms with Crippen LogP contribution in [0.15, 0.2) is 0 Å². The van der Waals surface area contributed by atoms with Crippen molar-refractivity contribution in [2.24, 2.45) is 0 Å². The topological polar surface area (TPSA) is 98.7 Å². The number of carbonyl (C=O) groups is 2. The first-order chi connectivity index (χ1) is 7.34. The quantitative estimate of drug-likeness (QED) is 0.549. The molecule has 2 amide bonds. The molecular formula is C10H18N2O4. The maximum Gasteiger partial charge on any atom is 0.328 e. The van der Waals surface area contributed by atoms with Gasteiger partial charge in [-0.2, -0.15) is 0 Å². The standard InChI is InChI=1S/C10H18N2O4/c1-6(13)7(8(14)15)11-9(16)12-10(2)4-3-5-10/h6-7,13H,3-5H2,1-2H3,(H,14,15)(H2,11,12,16). The fraction of sp³-hybridized carbons (Fsp3) is 0.800. The Morgan fingerprint density at radius 2 is 1.94 bits per heavy atom. The highest BCUT2D eigenvalue weighted by molar-refractivity contribution is 5.83. The number of aliphatic hydroxyl groups is 1. The first kappa shape index (κ1) is 12.8. The molecule has 0 radical (unpaired) electrons. The van der Waals surface area contributed by atoms with Crippen molar-refractivity contribution in [3.05, 3.63) is 0 Å². The van der Waals surface area contributed by atoms with Gasteiger partial charge in [-0.3, -0.25) is 0 Å². The molecule has 6 nitrogen and oxygen atoms in total. The molecule has 0 aromatic heterocycles. The lowest BCUT2D eigenvalue weighted by Gasteiger charge is -2.39. The minimum Gasteiger partial charge on any atom is -0.480 e. The van der Waals surface area contributed by atoms with Crippen LogP contribution in [0, 0.1) is 0 Å². The van der Waals surface area contributed by atoms with Crippen molar-refractivity contribution in [1.29, 1.82) is 0 Å². The molecule has 4 N–H and O–H groups in total. The molecule has 1 fully saturated rings. The summed E-state index contributed by atoms with van der Waals surface area (Å²) in [5.74, 6) is -1.25. The van der Waals surface area contributed by atoms with Crippen molar-refractivity contribution in [3.63, 3.8) is 0 Å². The Bertz CT molecular complexity index is 287. The number of carboxylic acid groups (broad SMARTS) is 1. The molecule has 0 heterocycles. The fourth-order valence-corrected chi connectivity index (χ4v) is 1.67. The number of carbonyl (C=O) groups excluding carboxylic acids is 1. The Morgan fingerprint density at radius 3 is 2.25 bits per heavy atom. The van der Waals surface area contributed by atoms with E-state index >= 15 is 0 Å². The summed E-state index contributed by atoms with van der Waals surface area (Å²) in [6, 6.07) is -1.82. The molecule has 16 heavy (non-hydrogen) atoms. The molecule has 0 aliphatic heterocycles. The number of aliphatic hydroxyl groups excluding tert-OH is 1. The summed E-state index contributed by atoms with van der Waals surface area (Å²) < 4.78 is 0. The van der Waals surface area contributed by atoms with Gasteiger partial charge in [-0.1, -0.05) is 0 Å². The zero-order chi connectivity index (χ0) is 12.3. The van der Waals surface area contributed by atoms with E-state index in [-0.39, 0.29) is 5.54 Å². The number of nitrogens with one attached hydrogen (secondary N) is 2. The molecule has 1 saturated carbocycles. The van der Waals surface area contributed by atoms with E-state index in [2.05, 4.69) is 10.6 Å². The van der Waals surface area contributed by atoms with E-state index in [1.54, 1.807) is 0 Å². The third-order valence-corrected chi connectivity index (χ3v) is 2.91. The van der Waals surface area contributed by atoms with Gasteiger partial charge in [0, 0.05) is 5.54 Å². The molecule has 2 unspecified atom stereocenters. The van der Waals surface area contributed by atoms with Crippen molar-refractivity contribution < 1.29 is 19.8 Å². The Labute approximate surface area is 94.0 Å². The highest BCUT2D eigenvalue weighted by atomic mass is 16.4. The van der Waals surface area contributed by atoms with Gasteiger partial charge in [-0.05, 0) is 33.1 Å². The van der Waals surface area contributed by atoms with E-state index in [9.17, 15) is 14.7 Å². The van der Waals surface area contributed by atoms with Crippen LogP contribution in [0.1, 0.15) is 33.1 Å². The van der Waals surface area contributed by atoms with Crippen LogP contribution >= 0.6 is 0 Å². The van der Waals surface area contributed by atoms with Gasteiger partial charge in [0.25, 0.3) is 0 Å². The summed E-state index contributed by atoms with van der Waals surface area (Å²) in [6.45, 7) is 3.23. The minimum absolute atomic E-state index is 0.230. The summed E-state index contributed by atoms with van der Waals surface area (Å²) in [4.78, 5) is 22.2. The van der Waals surface area contributed by atoms with Gasteiger partial charge in [0.2, 0.25) is 0 Å². The van der Waals surface area contributed by atoms with Crippen LogP contribution < -0.4 is 10.6 Å². The molecule has 2 atom stereocenters. The van der Waals surface area contributed by atoms with Crippen molar-refractivity contribution >= 4 is 12.0 Å². The van der Waals surface area contributed by atoms with Gasteiger partial charge in [0.15, 0.2) is 6.04 Å². The SMILES string of the molecule is CC(O)C(NC(=O)NC1(C)CCC1)C(=O)O. The summed E-state index contributed by atoms with van der Waals surface area (Å²) in [5.41, 5.74) is -0.230. The largest absolute Gasteiger partial charge is 0.480 e. The molecule has 92 valence electrons. The number of amides is 2. The third-order valence-electron chi connectivity index (χ3n) is 2.91. The lowest BCUT2D eigenvalue weighted by atomic mass is 9.79. The van der Waals surface area contributed by atoms with E-state index in [1.165, 1.54) is 6.92 Å². The van der Waals surface area contributed by atoms with Gasteiger partial charge in [-0.25, -0.2) is 9.59 Å². The van der Waals surface area contributed by atoms with E-state index in [0.717, 1.165) is 19.3 Å². The van der Waals surface area contributed by atoms with Gasteiger partial charge in [0.05, 0.1) is 6.10 Å². The van der Waals surface area contributed by atoms with E-state index < -0.39 is 24.1 Å². The summed E-state index contributed by atoms with van der Waals surface area (Å²) >= 11 is 0. The highest BCUT2D eigenvalue weighted by Gasteiger charge is 2.34. The Kier molecular flexibility index (Phi) is 3.74. The summed E-state index contributed by atoms with van der Waals surface area (Å²) in [6.07, 6.45) is 1.73. The van der Waals surface area contributed by atoms with Crippen LogP contribution in [0.3, 0.4) is 0 Å². The average Bonchev–Trinajstić information content (AvgIpc) is 2.10.